The molecule has 0 saturated carbocycles. The van der Waals surface area contributed by atoms with Gasteiger partial charge >= 0.3 is 0 Å². The van der Waals surface area contributed by atoms with Crippen molar-refractivity contribution in [2.75, 3.05) is 33.4 Å². The highest BCUT2D eigenvalue weighted by Gasteiger charge is 2.21. The monoisotopic (exact) mass is 277 g/mol. The van der Waals surface area contributed by atoms with Crippen LogP contribution in [0, 0.1) is 0 Å². The topological polar surface area (TPSA) is 44.8 Å². The van der Waals surface area contributed by atoms with E-state index in [4.69, 9.17) is 4.74 Å². The number of carbonyl (C=O) groups is 1. The van der Waals surface area contributed by atoms with Gasteiger partial charge in [-0.25, -0.2) is 5.01 Å². The molecule has 0 spiro atoms. The van der Waals surface area contributed by atoms with E-state index in [1.54, 1.807) is 0 Å². The van der Waals surface area contributed by atoms with Crippen molar-refractivity contribution in [3.05, 3.63) is 35.9 Å². The number of amides is 1. The van der Waals surface area contributed by atoms with Gasteiger partial charge in [-0.2, -0.15) is 0 Å². The van der Waals surface area contributed by atoms with Gasteiger partial charge in [0.25, 0.3) is 5.91 Å². The molecule has 1 unspecified atom stereocenters. The van der Waals surface area contributed by atoms with E-state index in [0.717, 1.165) is 19.6 Å². The Labute approximate surface area is 120 Å². The largest absolute Gasteiger partial charge is 0.379 e. The van der Waals surface area contributed by atoms with Gasteiger partial charge in [-0.1, -0.05) is 30.3 Å². The van der Waals surface area contributed by atoms with Crippen molar-refractivity contribution in [3.63, 3.8) is 0 Å². The van der Waals surface area contributed by atoms with Gasteiger partial charge in [0.15, 0.2) is 0 Å². The molecule has 0 radical (unpaired) electrons. The molecule has 1 atom stereocenters. The molecule has 1 aromatic carbocycles. The van der Waals surface area contributed by atoms with Crippen molar-refractivity contribution in [3.8, 4) is 0 Å². The maximum absolute atomic E-state index is 12.2. The summed E-state index contributed by atoms with van der Waals surface area (Å²) in [6, 6.07) is 10.0. The molecule has 1 saturated heterocycles. The Morgan fingerprint density at radius 1 is 1.35 bits per heavy atom. The third-order valence-electron chi connectivity index (χ3n) is 3.59. The molecule has 2 rings (SSSR count). The van der Waals surface area contributed by atoms with E-state index >= 15 is 0 Å². The maximum atomic E-state index is 12.2. The van der Waals surface area contributed by atoms with Gasteiger partial charge in [0, 0.05) is 19.6 Å². The van der Waals surface area contributed by atoms with Crippen LogP contribution in [-0.2, 0) is 16.1 Å². The van der Waals surface area contributed by atoms with Gasteiger partial charge in [-0.05, 0) is 19.5 Å². The molecule has 5 nitrogen and oxygen atoms in total. The van der Waals surface area contributed by atoms with Crippen molar-refractivity contribution >= 4 is 5.91 Å². The van der Waals surface area contributed by atoms with E-state index < -0.39 is 0 Å². The molecule has 0 aliphatic carbocycles. The molecule has 1 N–H and O–H groups in total. The molecule has 5 heteroatoms. The average molecular weight is 277 g/mol. The van der Waals surface area contributed by atoms with E-state index in [0.29, 0.717) is 13.2 Å². The molecular weight excluding hydrogens is 254 g/mol. The molecule has 1 aromatic rings. The second-order valence-electron chi connectivity index (χ2n) is 5.15. The lowest BCUT2D eigenvalue weighted by atomic mass is 10.2. The Bertz CT molecular complexity index is 418. The first kappa shape index (κ1) is 15.0. The zero-order chi connectivity index (χ0) is 14.4. The first-order valence-corrected chi connectivity index (χ1v) is 7.04. The average Bonchev–Trinajstić information content (AvgIpc) is 2.48. The van der Waals surface area contributed by atoms with E-state index in [1.807, 2.05) is 42.1 Å². The maximum Gasteiger partial charge on any atom is 0.251 e. The number of hydrogen-bond donors (Lipinski definition) is 1. The zero-order valence-corrected chi connectivity index (χ0v) is 12.2. The van der Waals surface area contributed by atoms with Crippen LogP contribution in [0.2, 0.25) is 0 Å². The Hall–Kier alpha value is -1.43. The molecular formula is C15H23N3O2. The summed E-state index contributed by atoms with van der Waals surface area (Å²) in [5.41, 5.74) is 4.17. The third kappa shape index (κ3) is 4.30. The number of benzene rings is 1. The minimum Gasteiger partial charge on any atom is -0.379 e. The highest BCUT2D eigenvalue weighted by molar-refractivity contribution is 5.80. The molecule has 0 aromatic heterocycles. The first-order valence-electron chi connectivity index (χ1n) is 7.04. The smallest absolute Gasteiger partial charge is 0.251 e. The molecule has 1 amide bonds. The number of ether oxygens (including phenoxy) is 1. The molecule has 110 valence electrons. The fraction of sp³-hybridized carbons (Fsp3) is 0.533. The number of hydrogen-bond acceptors (Lipinski definition) is 4. The second-order valence-corrected chi connectivity index (χ2v) is 5.15. The minimum absolute atomic E-state index is 0.0327. The number of rotatable bonds is 5. The van der Waals surface area contributed by atoms with Crippen LogP contribution >= 0.6 is 0 Å². The van der Waals surface area contributed by atoms with Gasteiger partial charge < -0.3 is 4.74 Å². The summed E-state index contributed by atoms with van der Waals surface area (Å²) in [6.07, 6.45) is 0. The number of morpholine rings is 1. The summed E-state index contributed by atoms with van der Waals surface area (Å²) in [5.74, 6) is 0.0327. The van der Waals surface area contributed by atoms with Gasteiger partial charge in [-0.3, -0.25) is 15.1 Å². The van der Waals surface area contributed by atoms with Crippen LogP contribution in [0.25, 0.3) is 0 Å². The quantitative estimate of drug-likeness (QED) is 0.867. The summed E-state index contributed by atoms with van der Waals surface area (Å²) in [5, 5.41) is 1.93. The molecule has 1 heterocycles. The molecule has 1 fully saturated rings. The van der Waals surface area contributed by atoms with Crippen LogP contribution < -0.4 is 5.43 Å². The number of carbonyl (C=O) groups excluding carboxylic acids is 1. The van der Waals surface area contributed by atoms with Crippen LogP contribution in [0.4, 0.5) is 0 Å². The van der Waals surface area contributed by atoms with Crippen molar-refractivity contribution < 1.29 is 9.53 Å². The Balaban J connectivity index is 1.82. The van der Waals surface area contributed by atoms with Crippen LogP contribution in [0.15, 0.2) is 30.3 Å². The van der Waals surface area contributed by atoms with Crippen molar-refractivity contribution in [1.29, 1.82) is 0 Å². The summed E-state index contributed by atoms with van der Waals surface area (Å²) in [6.45, 7) is 5.54. The number of hydrazine groups is 1. The Morgan fingerprint density at radius 2 is 2.00 bits per heavy atom. The lowest BCUT2D eigenvalue weighted by molar-refractivity contribution is -0.132. The standard InChI is InChI=1S/C15H23N3O2/c1-13(15(19)16-18-8-10-20-11-9-18)17(2)12-14-6-4-3-5-7-14/h3-7,13H,8-12H2,1-2H3,(H,16,19). The molecule has 20 heavy (non-hydrogen) atoms. The van der Waals surface area contributed by atoms with Crippen LogP contribution in [0.5, 0.6) is 0 Å². The van der Waals surface area contributed by atoms with Gasteiger partial charge in [0.2, 0.25) is 0 Å². The second kappa shape index (κ2) is 7.38. The molecule has 1 aliphatic heterocycles. The number of nitrogens with zero attached hydrogens (tertiary/aromatic N) is 2. The summed E-state index contributed by atoms with van der Waals surface area (Å²) >= 11 is 0. The van der Waals surface area contributed by atoms with E-state index in [9.17, 15) is 4.79 Å². The Morgan fingerprint density at radius 3 is 2.65 bits per heavy atom. The van der Waals surface area contributed by atoms with E-state index in [2.05, 4.69) is 17.6 Å². The van der Waals surface area contributed by atoms with Crippen LogP contribution in [0.3, 0.4) is 0 Å². The number of likely N-dealkylation sites (N-methyl/N-ethyl adjacent to an activating group) is 1. The fourth-order valence-electron chi connectivity index (χ4n) is 2.13. The predicted molar refractivity (Wildman–Crippen MR) is 77.9 cm³/mol. The predicted octanol–water partition coefficient (Wildman–Crippen LogP) is 0.870. The van der Waals surface area contributed by atoms with Crippen LogP contribution in [-0.4, -0.2) is 55.2 Å². The minimum atomic E-state index is -0.168. The van der Waals surface area contributed by atoms with Crippen LogP contribution in [0.1, 0.15) is 12.5 Å². The van der Waals surface area contributed by atoms with Crippen molar-refractivity contribution in [1.82, 2.24) is 15.3 Å². The number of nitrogens with one attached hydrogen (secondary N) is 1. The summed E-state index contributed by atoms with van der Waals surface area (Å²) < 4.78 is 5.26. The molecule has 1 aliphatic rings. The Kier molecular flexibility index (Phi) is 5.52. The third-order valence-corrected chi connectivity index (χ3v) is 3.59. The van der Waals surface area contributed by atoms with Gasteiger partial charge in [-0.15, -0.1) is 0 Å². The van der Waals surface area contributed by atoms with E-state index in [1.165, 1.54) is 5.56 Å². The normalized spacial score (nSPS) is 17.9. The molecule has 0 bridgehead atoms. The van der Waals surface area contributed by atoms with Gasteiger partial charge in [0.05, 0.1) is 19.3 Å². The first-order chi connectivity index (χ1) is 9.66. The van der Waals surface area contributed by atoms with E-state index in [-0.39, 0.29) is 11.9 Å². The SMILES string of the molecule is CC(C(=O)NN1CCOCC1)N(C)Cc1ccccc1. The highest BCUT2D eigenvalue weighted by atomic mass is 16.5. The summed E-state index contributed by atoms with van der Waals surface area (Å²) in [4.78, 5) is 14.3. The van der Waals surface area contributed by atoms with Crippen molar-refractivity contribution in [2.45, 2.75) is 19.5 Å². The lowest BCUT2D eigenvalue weighted by Gasteiger charge is -2.30. The lowest BCUT2D eigenvalue weighted by Crippen LogP contribution is -2.53. The summed E-state index contributed by atoms with van der Waals surface area (Å²) in [7, 11) is 1.97. The van der Waals surface area contributed by atoms with Crippen molar-refractivity contribution in [2.24, 2.45) is 0 Å². The van der Waals surface area contributed by atoms with Gasteiger partial charge in [0.1, 0.15) is 0 Å². The fourth-order valence-corrected chi connectivity index (χ4v) is 2.13. The highest BCUT2D eigenvalue weighted by Crippen LogP contribution is 2.06. The zero-order valence-electron chi connectivity index (χ0n) is 12.2.